The van der Waals surface area contributed by atoms with Crippen LogP contribution in [0.15, 0.2) is 24.3 Å². The normalized spacial score (nSPS) is 18.0. The fourth-order valence-corrected chi connectivity index (χ4v) is 3.31. The minimum Gasteiger partial charge on any atom is -0.497 e. The zero-order chi connectivity index (χ0) is 18.3. The maximum Gasteiger partial charge on any atom is 0.223 e. The lowest BCUT2D eigenvalue weighted by Crippen LogP contribution is -2.42. The molecule has 1 aliphatic rings. The number of likely N-dealkylation sites (tertiary alicyclic amines) is 1. The molecule has 1 saturated heterocycles. The molecule has 0 radical (unpaired) electrons. The van der Waals surface area contributed by atoms with Crippen LogP contribution in [0.4, 0.5) is 0 Å². The monoisotopic (exact) mass is 370 g/mol. The molecule has 1 N–H and O–H groups in total. The van der Waals surface area contributed by atoms with Crippen LogP contribution in [-0.4, -0.2) is 58.8 Å². The smallest absolute Gasteiger partial charge is 0.223 e. The number of rotatable bonds is 8. The third-order valence-corrected chi connectivity index (χ3v) is 4.83. The van der Waals surface area contributed by atoms with E-state index >= 15 is 0 Å². The minimum atomic E-state index is -3.26. The van der Waals surface area contributed by atoms with E-state index in [2.05, 4.69) is 4.72 Å². The summed E-state index contributed by atoms with van der Waals surface area (Å²) in [5, 5.41) is 0. The molecule has 1 aromatic rings. The second kappa shape index (κ2) is 9.05. The summed E-state index contributed by atoms with van der Waals surface area (Å²) in [6.45, 7) is 2.03. The average Bonchev–Trinajstić information content (AvgIpc) is 2.59. The number of methoxy groups -OCH3 is 1. The molecule has 0 aliphatic carbocycles. The van der Waals surface area contributed by atoms with E-state index in [1.54, 1.807) is 12.0 Å². The van der Waals surface area contributed by atoms with Crippen LogP contribution in [0.2, 0.25) is 0 Å². The van der Waals surface area contributed by atoms with Gasteiger partial charge in [0.05, 0.1) is 20.0 Å². The van der Waals surface area contributed by atoms with Gasteiger partial charge in [-0.1, -0.05) is 6.07 Å². The number of ether oxygens (including phenoxy) is 2. The Labute approximate surface area is 149 Å². The third kappa shape index (κ3) is 6.91. The van der Waals surface area contributed by atoms with Crippen LogP contribution in [0, 0.1) is 5.92 Å². The lowest BCUT2D eigenvalue weighted by molar-refractivity contribution is -0.133. The molecule has 1 amide bonds. The van der Waals surface area contributed by atoms with Crippen LogP contribution in [0.1, 0.15) is 19.3 Å². The molecule has 0 bridgehead atoms. The van der Waals surface area contributed by atoms with Crippen LogP contribution in [-0.2, 0) is 14.8 Å². The van der Waals surface area contributed by atoms with Gasteiger partial charge in [-0.2, -0.15) is 0 Å². The molecule has 0 spiro atoms. The summed E-state index contributed by atoms with van der Waals surface area (Å²) >= 11 is 0. The third-order valence-electron chi connectivity index (χ3n) is 4.10. The van der Waals surface area contributed by atoms with Gasteiger partial charge < -0.3 is 14.4 Å². The van der Waals surface area contributed by atoms with E-state index in [1.165, 1.54) is 0 Å². The Bertz CT molecular complexity index is 677. The quantitative estimate of drug-likeness (QED) is 0.744. The summed E-state index contributed by atoms with van der Waals surface area (Å²) in [7, 11) is -1.64. The summed E-state index contributed by atoms with van der Waals surface area (Å²) < 4.78 is 35.4. The Morgan fingerprint density at radius 2 is 2.12 bits per heavy atom. The van der Waals surface area contributed by atoms with Crippen molar-refractivity contribution in [3.63, 3.8) is 0 Å². The number of hydrogen-bond acceptors (Lipinski definition) is 5. The van der Waals surface area contributed by atoms with Crippen molar-refractivity contribution < 1.29 is 22.7 Å². The minimum absolute atomic E-state index is 0.0257. The number of carbonyl (C=O) groups is 1. The van der Waals surface area contributed by atoms with E-state index in [1.807, 2.05) is 24.3 Å². The number of benzene rings is 1. The van der Waals surface area contributed by atoms with Gasteiger partial charge in [-0.25, -0.2) is 13.1 Å². The van der Waals surface area contributed by atoms with Gasteiger partial charge in [-0.15, -0.1) is 0 Å². The van der Waals surface area contributed by atoms with Gasteiger partial charge in [0.25, 0.3) is 0 Å². The van der Waals surface area contributed by atoms with Crippen molar-refractivity contribution in [3.05, 3.63) is 24.3 Å². The molecule has 1 aliphatic heterocycles. The van der Waals surface area contributed by atoms with E-state index in [4.69, 9.17) is 9.47 Å². The van der Waals surface area contributed by atoms with Crippen molar-refractivity contribution in [3.8, 4) is 11.5 Å². The Hall–Kier alpha value is -1.80. The molecule has 1 fully saturated rings. The number of nitrogens with zero attached hydrogens (tertiary/aromatic N) is 1. The largest absolute Gasteiger partial charge is 0.497 e. The highest BCUT2D eigenvalue weighted by molar-refractivity contribution is 7.88. The van der Waals surface area contributed by atoms with Crippen molar-refractivity contribution in [2.45, 2.75) is 19.3 Å². The maximum absolute atomic E-state index is 12.2. The van der Waals surface area contributed by atoms with Gasteiger partial charge in [0.2, 0.25) is 15.9 Å². The fourth-order valence-electron chi connectivity index (χ4n) is 2.83. The molecule has 0 aromatic heterocycles. The fraction of sp³-hybridized carbons (Fsp3) is 0.588. The summed E-state index contributed by atoms with van der Waals surface area (Å²) in [5.74, 6) is 1.74. The molecule has 1 heterocycles. The number of nitrogens with one attached hydrogen (secondary N) is 1. The molecular formula is C17H26N2O5S. The molecule has 0 unspecified atom stereocenters. The van der Waals surface area contributed by atoms with Crippen molar-refractivity contribution in [2.75, 3.05) is 39.6 Å². The lowest BCUT2D eigenvalue weighted by atomic mass is 9.98. The van der Waals surface area contributed by atoms with Crippen LogP contribution in [0.25, 0.3) is 0 Å². The Kier molecular flexibility index (Phi) is 7.07. The van der Waals surface area contributed by atoms with E-state index < -0.39 is 10.0 Å². The average molecular weight is 370 g/mol. The molecule has 25 heavy (non-hydrogen) atoms. The van der Waals surface area contributed by atoms with Gasteiger partial charge in [-0.05, 0) is 25.0 Å². The number of carbonyl (C=O) groups excluding carboxylic acids is 1. The van der Waals surface area contributed by atoms with Crippen LogP contribution in [0.5, 0.6) is 11.5 Å². The summed E-state index contributed by atoms with van der Waals surface area (Å²) in [5.41, 5.74) is 0. The molecule has 7 nitrogen and oxygen atoms in total. The molecule has 1 atom stereocenters. The van der Waals surface area contributed by atoms with E-state index in [0.29, 0.717) is 19.7 Å². The summed E-state index contributed by atoms with van der Waals surface area (Å²) in [6, 6.07) is 7.45. The number of sulfonamides is 1. The second-order valence-electron chi connectivity index (χ2n) is 6.25. The van der Waals surface area contributed by atoms with Crippen molar-refractivity contribution in [1.29, 1.82) is 0 Å². The Morgan fingerprint density at radius 3 is 2.84 bits per heavy atom. The highest BCUT2D eigenvalue weighted by Gasteiger charge is 2.24. The van der Waals surface area contributed by atoms with Gasteiger partial charge >= 0.3 is 0 Å². The number of amides is 1. The van der Waals surface area contributed by atoms with E-state index in [9.17, 15) is 13.2 Å². The number of piperidine rings is 1. The van der Waals surface area contributed by atoms with Crippen molar-refractivity contribution >= 4 is 15.9 Å². The SMILES string of the molecule is COc1cccc(OC[C@@H]2CCCN(C(=O)CCNS(C)(=O)=O)C2)c1. The summed E-state index contributed by atoms with van der Waals surface area (Å²) in [4.78, 5) is 14.0. The van der Waals surface area contributed by atoms with Crippen molar-refractivity contribution in [2.24, 2.45) is 5.92 Å². The van der Waals surface area contributed by atoms with Crippen molar-refractivity contribution in [1.82, 2.24) is 9.62 Å². The van der Waals surface area contributed by atoms with Gasteiger partial charge in [0.1, 0.15) is 11.5 Å². The van der Waals surface area contributed by atoms with Crippen LogP contribution < -0.4 is 14.2 Å². The predicted octanol–water partition coefficient (Wildman–Crippen LogP) is 1.25. The highest BCUT2D eigenvalue weighted by Crippen LogP contribution is 2.22. The topological polar surface area (TPSA) is 84.9 Å². The molecule has 0 saturated carbocycles. The highest BCUT2D eigenvalue weighted by atomic mass is 32.2. The van der Waals surface area contributed by atoms with E-state index in [0.717, 1.165) is 30.6 Å². The summed E-state index contributed by atoms with van der Waals surface area (Å²) in [6.07, 6.45) is 3.20. The zero-order valence-electron chi connectivity index (χ0n) is 14.7. The molecule has 8 heteroatoms. The molecular weight excluding hydrogens is 344 g/mol. The first kappa shape index (κ1) is 19.5. The van der Waals surface area contributed by atoms with Crippen LogP contribution >= 0.6 is 0 Å². The first-order valence-corrected chi connectivity index (χ1v) is 10.3. The zero-order valence-corrected chi connectivity index (χ0v) is 15.5. The lowest BCUT2D eigenvalue weighted by Gasteiger charge is -2.32. The first-order chi connectivity index (χ1) is 11.9. The van der Waals surface area contributed by atoms with Crippen LogP contribution in [0.3, 0.4) is 0 Å². The molecule has 1 aromatic carbocycles. The van der Waals surface area contributed by atoms with Gasteiger partial charge in [-0.3, -0.25) is 4.79 Å². The van der Waals surface area contributed by atoms with Gasteiger partial charge in [0.15, 0.2) is 0 Å². The Morgan fingerprint density at radius 1 is 1.36 bits per heavy atom. The predicted molar refractivity (Wildman–Crippen MR) is 95.3 cm³/mol. The maximum atomic E-state index is 12.2. The molecule has 2 rings (SSSR count). The van der Waals surface area contributed by atoms with E-state index in [-0.39, 0.29) is 24.8 Å². The van der Waals surface area contributed by atoms with Gasteiger partial charge in [0, 0.05) is 38.0 Å². The number of hydrogen-bond donors (Lipinski definition) is 1. The first-order valence-electron chi connectivity index (χ1n) is 8.36. The Balaban J connectivity index is 1.78. The standard InChI is InChI=1S/C17H26N2O5S/c1-23-15-6-3-7-16(11-15)24-13-14-5-4-10-19(12-14)17(20)8-9-18-25(2,21)22/h3,6-7,11,14,18H,4-5,8-10,12-13H2,1-2H3/t14-/m1/s1. The second-order valence-corrected chi connectivity index (χ2v) is 8.09. The molecule has 140 valence electrons.